The van der Waals surface area contributed by atoms with Gasteiger partial charge in [0.15, 0.2) is 0 Å². The zero-order chi connectivity index (χ0) is 15.2. The largest absolute Gasteiger partial charge is 0.497 e. The number of methoxy groups -OCH3 is 1. The maximum absolute atomic E-state index is 12.9. The number of rotatable bonds is 6. The molecule has 2 atom stereocenters. The summed E-state index contributed by atoms with van der Waals surface area (Å²) in [6.07, 6.45) is 2.21. The summed E-state index contributed by atoms with van der Waals surface area (Å²) in [6, 6.07) is 11.5. The van der Waals surface area contributed by atoms with Crippen molar-refractivity contribution in [2.24, 2.45) is 0 Å². The molecule has 1 aromatic carbocycles. The van der Waals surface area contributed by atoms with Crippen LogP contribution >= 0.6 is 0 Å². The predicted molar refractivity (Wildman–Crippen MR) is 81.8 cm³/mol. The molecule has 0 saturated heterocycles. The van der Waals surface area contributed by atoms with Crippen LogP contribution in [0.3, 0.4) is 0 Å². The molecule has 2 unspecified atom stereocenters. The first-order valence-corrected chi connectivity index (χ1v) is 7.15. The molecule has 0 aliphatic heterocycles. The van der Waals surface area contributed by atoms with Crippen molar-refractivity contribution >= 4 is 0 Å². The molecular formula is C17H21FN2O. The number of halogens is 1. The Morgan fingerprint density at radius 2 is 1.90 bits per heavy atom. The molecule has 0 radical (unpaired) electrons. The Morgan fingerprint density at radius 3 is 2.43 bits per heavy atom. The summed E-state index contributed by atoms with van der Waals surface area (Å²) in [5, 5.41) is 3.53. The van der Waals surface area contributed by atoms with E-state index in [1.165, 1.54) is 17.8 Å². The quantitative estimate of drug-likeness (QED) is 0.871. The molecule has 1 aromatic heterocycles. The van der Waals surface area contributed by atoms with Crippen molar-refractivity contribution in [2.45, 2.75) is 32.4 Å². The molecule has 0 fully saturated rings. The second-order valence-electron chi connectivity index (χ2n) is 5.02. The van der Waals surface area contributed by atoms with Crippen LogP contribution in [0.5, 0.6) is 5.75 Å². The van der Waals surface area contributed by atoms with Crippen LogP contribution in [0.4, 0.5) is 4.39 Å². The van der Waals surface area contributed by atoms with Crippen LogP contribution < -0.4 is 10.1 Å². The molecule has 0 aliphatic carbocycles. The Bertz CT molecular complexity index is 554. The standard InChI is InChI=1S/C17H21FN2O/c1-4-16(13-5-8-15(21-3)9-6-13)20-12(2)17-10-7-14(18)11-19-17/h5-12,16,20H,4H2,1-3H3. The molecule has 1 heterocycles. The van der Waals surface area contributed by atoms with Crippen molar-refractivity contribution in [2.75, 3.05) is 7.11 Å². The molecular weight excluding hydrogens is 267 g/mol. The van der Waals surface area contributed by atoms with Crippen LogP contribution in [-0.4, -0.2) is 12.1 Å². The van der Waals surface area contributed by atoms with Crippen molar-refractivity contribution in [3.8, 4) is 5.75 Å². The lowest BCUT2D eigenvalue weighted by atomic mass is 10.0. The molecule has 112 valence electrons. The third-order valence-corrected chi connectivity index (χ3v) is 3.57. The average molecular weight is 288 g/mol. The number of ether oxygens (including phenoxy) is 1. The van der Waals surface area contributed by atoms with Gasteiger partial charge in [0.25, 0.3) is 0 Å². The average Bonchev–Trinajstić information content (AvgIpc) is 2.53. The van der Waals surface area contributed by atoms with E-state index in [4.69, 9.17) is 4.74 Å². The van der Waals surface area contributed by atoms with Gasteiger partial charge in [0.05, 0.1) is 19.0 Å². The monoisotopic (exact) mass is 288 g/mol. The summed E-state index contributed by atoms with van der Waals surface area (Å²) in [4.78, 5) is 4.13. The van der Waals surface area contributed by atoms with Crippen LogP contribution in [-0.2, 0) is 0 Å². The summed E-state index contributed by atoms with van der Waals surface area (Å²) in [7, 11) is 1.66. The maximum Gasteiger partial charge on any atom is 0.141 e. The van der Waals surface area contributed by atoms with Gasteiger partial charge in [-0.05, 0) is 43.2 Å². The molecule has 21 heavy (non-hydrogen) atoms. The van der Waals surface area contributed by atoms with E-state index < -0.39 is 0 Å². The Balaban J connectivity index is 2.08. The smallest absolute Gasteiger partial charge is 0.141 e. The number of nitrogens with zero attached hydrogens (tertiary/aromatic N) is 1. The first kappa shape index (κ1) is 15.4. The SMILES string of the molecule is CCC(NC(C)c1ccc(F)cn1)c1ccc(OC)cc1. The molecule has 0 bridgehead atoms. The third kappa shape index (κ3) is 4.02. The van der Waals surface area contributed by atoms with E-state index in [2.05, 4.69) is 29.4 Å². The number of hydrogen-bond donors (Lipinski definition) is 1. The highest BCUT2D eigenvalue weighted by atomic mass is 19.1. The van der Waals surface area contributed by atoms with E-state index in [1.54, 1.807) is 13.2 Å². The molecule has 0 amide bonds. The number of pyridine rings is 1. The number of aromatic nitrogens is 1. The van der Waals surface area contributed by atoms with Crippen LogP contribution in [0.15, 0.2) is 42.6 Å². The van der Waals surface area contributed by atoms with E-state index in [9.17, 15) is 4.39 Å². The maximum atomic E-state index is 12.9. The molecule has 0 aliphatic rings. The summed E-state index contributed by atoms with van der Waals surface area (Å²) in [5.41, 5.74) is 2.04. The highest BCUT2D eigenvalue weighted by Gasteiger charge is 2.14. The first-order valence-electron chi connectivity index (χ1n) is 7.15. The molecule has 0 spiro atoms. The topological polar surface area (TPSA) is 34.2 Å². The van der Waals surface area contributed by atoms with E-state index in [0.717, 1.165) is 17.9 Å². The number of hydrogen-bond acceptors (Lipinski definition) is 3. The zero-order valence-corrected chi connectivity index (χ0v) is 12.6. The van der Waals surface area contributed by atoms with Crippen molar-refractivity contribution in [1.82, 2.24) is 10.3 Å². The summed E-state index contributed by atoms with van der Waals surface area (Å²) in [6.45, 7) is 4.17. The van der Waals surface area contributed by atoms with Crippen molar-refractivity contribution < 1.29 is 9.13 Å². The van der Waals surface area contributed by atoms with Gasteiger partial charge in [-0.25, -0.2) is 4.39 Å². The van der Waals surface area contributed by atoms with Gasteiger partial charge >= 0.3 is 0 Å². The molecule has 1 N–H and O–H groups in total. The number of nitrogens with one attached hydrogen (secondary N) is 1. The molecule has 0 saturated carbocycles. The summed E-state index contributed by atoms with van der Waals surface area (Å²) < 4.78 is 18.1. The second kappa shape index (κ2) is 7.18. The van der Waals surface area contributed by atoms with E-state index in [0.29, 0.717) is 0 Å². The van der Waals surface area contributed by atoms with Crippen molar-refractivity contribution in [3.63, 3.8) is 0 Å². The van der Waals surface area contributed by atoms with Crippen molar-refractivity contribution in [3.05, 3.63) is 59.7 Å². The zero-order valence-electron chi connectivity index (χ0n) is 12.6. The predicted octanol–water partition coefficient (Wildman–Crippen LogP) is 4.03. The van der Waals surface area contributed by atoms with Gasteiger partial charge in [-0.2, -0.15) is 0 Å². The highest BCUT2D eigenvalue weighted by Crippen LogP contribution is 2.23. The molecule has 2 rings (SSSR count). The van der Waals surface area contributed by atoms with Gasteiger partial charge < -0.3 is 10.1 Å². The van der Waals surface area contributed by atoms with Gasteiger partial charge in [0.1, 0.15) is 11.6 Å². The lowest BCUT2D eigenvalue weighted by Gasteiger charge is -2.22. The summed E-state index contributed by atoms with van der Waals surface area (Å²) in [5.74, 6) is 0.537. The van der Waals surface area contributed by atoms with Crippen LogP contribution in [0.1, 0.15) is 43.6 Å². The summed E-state index contributed by atoms with van der Waals surface area (Å²) >= 11 is 0. The molecule has 3 nitrogen and oxygen atoms in total. The van der Waals surface area contributed by atoms with Gasteiger partial charge in [-0.15, -0.1) is 0 Å². The third-order valence-electron chi connectivity index (χ3n) is 3.57. The Labute approximate surface area is 125 Å². The van der Waals surface area contributed by atoms with Crippen molar-refractivity contribution in [1.29, 1.82) is 0 Å². The van der Waals surface area contributed by atoms with Gasteiger partial charge in [-0.3, -0.25) is 4.98 Å². The Morgan fingerprint density at radius 1 is 1.19 bits per heavy atom. The van der Waals surface area contributed by atoms with E-state index in [1.807, 2.05) is 19.1 Å². The fourth-order valence-corrected chi connectivity index (χ4v) is 2.32. The van der Waals surface area contributed by atoms with E-state index in [-0.39, 0.29) is 17.9 Å². The minimum Gasteiger partial charge on any atom is -0.497 e. The second-order valence-corrected chi connectivity index (χ2v) is 5.02. The molecule has 2 aromatic rings. The number of benzene rings is 1. The Kier molecular flexibility index (Phi) is 5.28. The Hall–Kier alpha value is -1.94. The lowest BCUT2D eigenvalue weighted by Crippen LogP contribution is -2.24. The lowest BCUT2D eigenvalue weighted by molar-refractivity contribution is 0.413. The van der Waals surface area contributed by atoms with Gasteiger partial charge in [-0.1, -0.05) is 19.1 Å². The minimum absolute atomic E-state index is 0.0534. The first-order chi connectivity index (χ1) is 10.1. The normalized spacial score (nSPS) is 13.7. The molecule has 4 heteroatoms. The van der Waals surface area contributed by atoms with Gasteiger partial charge in [0.2, 0.25) is 0 Å². The van der Waals surface area contributed by atoms with Crippen LogP contribution in [0.25, 0.3) is 0 Å². The van der Waals surface area contributed by atoms with Crippen LogP contribution in [0.2, 0.25) is 0 Å². The highest BCUT2D eigenvalue weighted by molar-refractivity contribution is 5.29. The van der Waals surface area contributed by atoms with Gasteiger partial charge in [0, 0.05) is 12.1 Å². The fourth-order valence-electron chi connectivity index (χ4n) is 2.32. The minimum atomic E-state index is -0.312. The van der Waals surface area contributed by atoms with E-state index >= 15 is 0 Å². The fraction of sp³-hybridized carbons (Fsp3) is 0.353. The van der Waals surface area contributed by atoms with Crippen LogP contribution in [0, 0.1) is 5.82 Å².